The predicted octanol–water partition coefficient (Wildman–Crippen LogP) is 2.77. The van der Waals surface area contributed by atoms with Gasteiger partial charge in [0, 0.05) is 19.6 Å². The number of likely N-dealkylation sites (tertiary alicyclic amines) is 1. The third-order valence-electron chi connectivity index (χ3n) is 5.58. The minimum Gasteiger partial charge on any atom is -0.352 e. The molecule has 2 amide bonds. The summed E-state index contributed by atoms with van der Waals surface area (Å²) >= 11 is 1.62. The summed E-state index contributed by atoms with van der Waals surface area (Å²) in [7, 11) is 0. The highest BCUT2D eigenvalue weighted by atomic mass is 32.1. The van der Waals surface area contributed by atoms with Gasteiger partial charge >= 0.3 is 0 Å². The molecule has 3 heterocycles. The van der Waals surface area contributed by atoms with Crippen LogP contribution in [0.1, 0.15) is 29.5 Å². The molecule has 130 valence electrons. The summed E-state index contributed by atoms with van der Waals surface area (Å²) in [6, 6.07) is 10.3. The minimum absolute atomic E-state index is 0.147. The van der Waals surface area contributed by atoms with E-state index < -0.39 is 0 Å². The van der Waals surface area contributed by atoms with Gasteiger partial charge in [0.25, 0.3) is 0 Å². The largest absolute Gasteiger partial charge is 0.352 e. The number of amides is 2. The first-order chi connectivity index (χ1) is 12.2. The Balaban J connectivity index is 1.46. The maximum Gasteiger partial charge on any atom is 0.227 e. The zero-order valence-electron chi connectivity index (χ0n) is 14.2. The molecule has 4 nitrogen and oxygen atoms in total. The van der Waals surface area contributed by atoms with Crippen molar-refractivity contribution in [2.75, 3.05) is 13.1 Å². The van der Waals surface area contributed by atoms with Crippen LogP contribution in [0.2, 0.25) is 0 Å². The summed E-state index contributed by atoms with van der Waals surface area (Å²) in [5.74, 6) is 0.316. The number of carbonyl (C=O) groups excluding carboxylic acids is 2. The highest BCUT2D eigenvalue weighted by Gasteiger charge is 2.43. The van der Waals surface area contributed by atoms with Crippen LogP contribution >= 0.6 is 11.3 Å². The molecule has 5 heteroatoms. The number of carbonyl (C=O) groups is 2. The van der Waals surface area contributed by atoms with Gasteiger partial charge in [-0.1, -0.05) is 24.3 Å². The van der Waals surface area contributed by atoms with Crippen LogP contribution in [0.3, 0.4) is 0 Å². The van der Waals surface area contributed by atoms with Crippen molar-refractivity contribution in [1.29, 1.82) is 0 Å². The quantitative estimate of drug-likeness (QED) is 0.902. The van der Waals surface area contributed by atoms with Crippen LogP contribution in [0.4, 0.5) is 0 Å². The number of benzene rings is 1. The summed E-state index contributed by atoms with van der Waals surface area (Å²) in [6.07, 6.45) is 2.72. The molecule has 0 atom stereocenters. The first-order valence-electron chi connectivity index (χ1n) is 8.80. The van der Waals surface area contributed by atoms with Crippen LogP contribution in [0.15, 0.2) is 41.1 Å². The number of piperidine rings is 1. The van der Waals surface area contributed by atoms with E-state index in [4.69, 9.17) is 0 Å². The van der Waals surface area contributed by atoms with E-state index in [1.54, 1.807) is 11.3 Å². The number of hydrogen-bond acceptors (Lipinski definition) is 3. The van der Waals surface area contributed by atoms with E-state index in [-0.39, 0.29) is 17.2 Å². The van der Waals surface area contributed by atoms with Crippen LogP contribution in [0.5, 0.6) is 0 Å². The molecule has 0 saturated carbocycles. The predicted molar refractivity (Wildman–Crippen MR) is 98.3 cm³/mol. The second-order valence-corrected chi connectivity index (χ2v) is 7.88. The van der Waals surface area contributed by atoms with E-state index in [0.717, 1.165) is 24.8 Å². The van der Waals surface area contributed by atoms with Crippen molar-refractivity contribution in [3.05, 3.63) is 57.8 Å². The lowest BCUT2D eigenvalue weighted by Gasteiger charge is -2.40. The average Bonchev–Trinajstić information content (AvgIpc) is 3.09. The molecule has 1 spiro atoms. The molecule has 4 rings (SSSR count). The van der Waals surface area contributed by atoms with Gasteiger partial charge in [0.2, 0.25) is 11.8 Å². The Hall–Kier alpha value is -2.14. The smallest absolute Gasteiger partial charge is 0.227 e. The maximum absolute atomic E-state index is 12.8. The van der Waals surface area contributed by atoms with Crippen molar-refractivity contribution in [3.63, 3.8) is 0 Å². The number of thiophene rings is 1. The van der Waals surface area contributed by atoms with Crippen molar-refractivity contribution >= 4 is 23.2 Å². The van der Waals surface area contributed by atoms with Crippen LogP contribution < -0.4 is 5.32 Å². The Morgan fingerprint density at radius 3 is 2.64 bits per heavy atom. The van der Waals surface area contributed by atoms with Gasteiger partial charge in [-0.2, -0.15) is 11.3 Å². The first kappa shape index (κ1) is 16.3. The van der Waals surface area contributed by atoms with Gasteiger partial charge in [0.15, 0.2) is 0 Å². The second kappa shape index (κ2) is 6.64. The Bertz CT molecular complexity index is 777. The number of hydrogen-bond donors (Lipinski definition) is 1. The maximum atomic E-state index is 12.8. The fourth-order valence-corrected chi connectivity index (χ4v) is 4.65. The summed E-state index contributed by atoms with van der Waals surface area (Å²) in [4.78, 5) is 27.2. The van der Waals surface area contributed by atoms with Crippen LogP contribution in [0.25, 0.3) is 0 Å². The van der Waals surface area contributed by atoms with Crippen molar-refractivity contribution in [3.8, 4) is 0 Å². The van der Waals surface area contributed by atoms with E-state index in [0.29, 0.717) is 26.1 Å². The molecular formula is C20H22N2O2S. The molecule has 0 aliphatic carbocycles. The molecule has 1 aromatic heterocycles. The highest BCUT2D eigenvalue weighted by Crippen LogP contribution is 2.38. The normalized spacial score (nSPS) is 19.2. The molecular weight excluding hydrogens is 332 g/mol. The Kier molecular flexibility index (Phi) is 4.34. The van der Waals surface area contributed by atoms with Crippen molar-refractivity contribution in [1.82, 2.24) is 10.2 Å². The number of nitrogens with one attached hydrogen (secondary N) is 1. The minimum atomic E-state index is -0.369. The topological polar surface area (TPSA) is 49.4 Å². The van der Waals surface area contributed by atoms with Gasteiger partial charge < -0.3 is 10.2 Å². The third-order valence-corrected chi connectivity index (χ3v) is 6.31. The highest BCUT2D eigenvalue weighted by molar-refractivity contribution is 7.08. The Morgan fingerprint density at radius 2 is 1.92 bits per heavy atom. The van der Waals surface area contributed by atoms with E-state index >= 15 is 0 Å². The molecule has 2 aromatic rings. The average molecular weight is 354 g/mol. The van der Waals surface area contributed by atoms with E-state index in [1.807, 2.05) is 33.9 Å². The van der Waals surface area contributed by atoms with Gasteiger partial charge in [0.1, 0.15) is 0 Å². The van der Waals surface area contributed by atoms with Gasteiger partial charge in [-0.3, -0.25) is 9.59 Å². The fraction of sp³-hybridized carbons (Fsp3) is 0.400. The molecule has 2 aliphatic rings. The monoisotopic (exact) mass is 354 g/mol. The molecule has 1 aromatic carbocycles. The SMILES string of the molecule is O=C(Cc1ccsc1)N1CCC2(CC1)Cc1ccccc1CNC2=O. The van der Waals surface area contributed by atoms with E-state index in [9.17, 15) is 9.59 Å². The summed E-state index contributed by atoms with van der Waals surface area (Å²) in [5, 5.41) is 7.13. The van der Waals surface area contributed by atoms with Gasteiger partial charge in [-0.05, 0) is 52.8 Å². The molecule has 0 unspecified atom stereocenters. The van der Waals surface area contributed by atoms with E-state index in [1.165, 1.54) is 11.1 Å². The number of rotatable bonds is 2. The first-order valence-corrected chi connectivity index (χ1v) is 9.74. The van der Waals surface area contributed by atoms with Gasteiger partial charge in [-0.25, -0.2) is 0 Å². The fourth-order valence-electron chi connectivity index (χ4n) is 3.98. The van der Waals surface area contributed by atoms with Gasteiger partial charge in [0.05, 0.1) is 11.8 Å². The molecule has 1 fully saturated rings. The van der Waals surface area contributed by atoms with Crippen molar-refractivity contribution in [2.45, 2.75) is 32.2 Å². The zero-order valence-corrected chi connectivity index (χ0v) is 15.0. The number of fused-ring (bicyclic) bond motifs is 1. The van der Waals surface area contributed by atoms with Crippen molar-refractivity contribution in [2.24, 2.45) is 5.41 Å². The third kappa shape index (κ3) is 3.21. The van der Waals surface area contributed by atoms with Gasteiger partial charge in [-0.15, -0.1) is 0 Å². The number of nitrogens with zero attached hydrogens (tertiary/aromatic N) is 1. The lowest BCUT2D eigenvalue weighted by Crippen LogP contribution is -2.50. The molecule has 1 saturated heterocycles. The second-order valence-electron chi connectivity index (χ2n) is 7.10. The lowest BCUT2D eigenvalue weighted by molar-refractivity contribution is -0.140. The summed E-state index contributed by atoms with van der Waals surface area (Å²) in [6.45, 7) is 1.94. The van der Waals surface area contributed by atoms with E-state index in [2.05, 4.69) is 17.4 Å². The van der Waals surface area contributed by atoms with Crippen LogP contribution in [-0.4, -0.2) is 29.8 Å². The van der Waals surface area contributed by atoms with Crippen LogP contribution in [-0.2, 0) is 29.0 Å². The molecule has 0 radical (unpaired) electrons. The van der Waals surface area contributed by atoms with Crippen molar-refractivity contribution < 1.29 is 9.59 Å². The molecule has 0 bridgehead atoms. The molecule has 1 N–H and O–H groups in total. The standard InChI is InChI=1S/C20H22N2O2S/c23-18(11-15-5-10-25-14-15)22-8-6-20(7-9-22)12-16-3-1-2-4-17(16)13-21-19(20)24/h1-5,10,14H,6-9,11-13H2,(H,21,24). The molecule has 25 heavy (non-hydrogen) atoms. The zero-order chi connectivity index (χ0) is 17.3. The molecule has 2 aliphatic heterocycles. The summed E-state index contributed by atoms with van der Waals surface area (Å²) in [5.41, 5.74) is 3.19. The summed E-state index contributed by atoms with van der Waals surface area (Å²) < 4.78 is 0. The lowest BCUT2D eigenvalue weighted by atomic mass is 9.73. The Labute approximate surface area is 151 Å². The van der Waals surface area contributed by atoms with Crippen LogP contribution in [0, 0.1) is 5.41 Å². The Morgan fingerprint density at radius 1 is 1.16 bits per heavy atom.